The first-order chi connectivity index (χ1) is 13.7. The lowest BCUT2D eigenvalue weighted by molar-refractivity contribution is -0.271. The summed E-state index contributed by atoms with van der Waals surface area (Å²) in [6, 6.07) is 0. The van der Waals surface area contributed by atoms with Gasteiger partial charge >= 0.3 is 6.18 Å². The fourth-order valence-electron chi connectivity index (χ4n) is 6.76. The molecule has 0 aromatic carbocycles. The van der Waals surface area contributed by atoms with E-state index in [4.69, 9.17) is 0 Å². The molecule has 0 bridgehead atoms. The molecule has 0 aromatic heterocycles. The molecule has 5 heteroatoms. The van der Waals surface area contributed by atoms with E-state index < -0.39 is 11.8 Å². The number of alkyl halides is 3. The summed E-state index contributed by atoms with van der Waals surface area (Å²) in [6.45, 7) is 12.6. The summed E-state index contributed by atoms with van der Waals surface area (Å²) in [5, 5.41) is 20.9. The van der Waals surface area contributed by atoms with E-state index in [0.29, 0.717) is 30.1 Å². The molecule has 30 heavy (non-hydrogen) atoms. The van der Waals surface area contributed by atoms with Gasteiger partial charge in [0.2, 0.25) is 0 Å². The van der Waals surface area contributed by atoms with Crippen molar-refractivity contribution in [2.24, 2.45) is 40.9 Å². The lowest BCUT2D eigenvalue weighted by Crippen LogP contribution is -2.48. The molecule has 2 saturated carbocycles. The van der Waals surface area contributed by atoms with Crippen LogP contribution in [-0.2, 0) is 0 Å². The first-order valence-corrected chi connectivity index (χ1v) is 12.2. The van der Waals surface area contributed by atoms with Crippen molar-refractivity contribution >= 4 is 0 Å². The van der Waals surface area contributed by atoms with Crippen LogP contribution >= 0.6 is 0 Å². The van der Waals surface area contributed by atoms with Crippen molar-refractivity contribution in [3.8, 4) is 0 Å². The molecule has 0 saturated heterocycles. The van der Waals surface area contributed by atoms with E-state index in [1.54, 1.807) is 0 Å². The number of aliphatic hydroxyl groups is 2. The highest BCUT2D eigenvalue weighted by Crippen LogP contribution is 2.59. The molecule has 0 aromatic rings. The number of hydrogen-bond acceptors (Lipinski definition) is 2. The van der Waals surface area contributed by atoms with Crippen molar-refractivity contribution < 1.29 is 23.4 Å². The third-order valence-corrected chi connectivity index (χ3v) is 8.95. The SMILES string of the molecule is CC(C)[C@@H](O)CC[C@@H](C)[C@H]1CC[C@H]2[C@@H](C)CC[C@H](C)C[C@](O)(C(F)(F)F)CC[C@]12C. The van der Waals surface area contributed by atoms with Gasteiger partial charge in [-0.1, -0.05) is 54.4 Å². The molecule has 0 radical (unpaired) electrons. The van der Waals surface area contributed by atoms with Crippen LogP contribution in [-0.4, -0.2) is 28.1 Å². The second kappa shape index (κ2) is 9.68. The van der Waals surface area contributed by atoms with Gasteiger partial charge in [-0.3, -0.25) is 0 Å². The Bertz CT molecular complexity index is 549. The molecule has 2 fully saturated rings. The third-order valence-electron chi connectivity index (χ3n) is 8.95. The number of hydrogen-bond donors (Lipinski definition) is 2. The van der Waals surface area contributed by atoms with Crippen LogP contribution in [0.4, 0.5) is 13.2 Å². The molecule has 0 aliphatic heterocycles. The Morgan fingerprint density at radius 1 is 0.967 bits per heavy atom. The zero-order valence-corrected chi connectivity index (χ0v) is 19.9. The minimum atomic E-state index is -4.58. The molecule has 0 heterocycles. The lowest BCUT2D eigenvalue weighted by Gasteiger charge is -2.46. The molecule has 0 amide bonds. The van der Waals surface area contributed by atoms with Crippen LogP contribution < -0.4 is 0 Å². The maximum Gasteiger partial charge on any atom is 0.417 e. The number of halogens is 3. The van der Waals surface area contributed by atoms with Gasteiger partial charge in [-0.05, 0) is 85.9 Å². The van der Waals surface area contributed by atoms with Gasteiger partial charge in [0.05, 0.1) is 6.10 Å². The summed E-state index contributed by atoms with van der Waals surface area (Å²) >= 11 is 0. The highest BCUT2D eigenvalue weighted by molar-refractivity contribution is 5.01. The maximum atomic E-state index is 13.9. The highest BCUT2D eigenvalue weighted by Gasteiger charge is 2.57. The highest BCUT2D eigenvalue weighted by atomic mass is 19.4. The molecular formula is C25H45F3O2. The van der Waals surface area contributed by atoms with Crippen molar-refractivity contribution in [2.75, 3.05) is 0 Å². The van der Waals surface area contributed by atoms with Gasteiger partial charge in [-0.15, -0.1) is 0 Å². The Kier molecular flexibility index (Phi) is 8.38. The van der Waals surface area contributed by atoms with Gasteiger partial charge in [0.15, 0.2) is 5.60 Å². The van der Waals surface area contributed by atoms with E-state index in [0.717, 1.165) is 38.5 Å². The standard InChI is InChI=1S/C25H45F3O2/c1-16(2)22(29)12-9-19(5)21-11-10-20-18(4)8-7-17(3)15-24(30,25(26,27)28)14-13-23(20,21)6/h16-22,29-30H,7-15H2,1-6H3/t17-,18-,19+,20-,21+,22-,23-,24-/m0/s1. The van der Waals surface area contributed by atoms with Gasteiger partial charge in [0.25, 0.3) is 0 Å². The fourth-order valence-corrected chi connectivity index (χ4v) is 6.76. The molecule has 2 aliphatic rings. The minimum absolute atomic E-state index is 0.128. The second-order valence-corrected chi connectivity index (χ2v) is 11.6. The molecule has 2 rings (SSSR count). The van der Waals surface area contributed by atoms with Gasteiger partial charge < -0.3 is 10.2 Å². The van der Waals surface area contributed by atoms with E-state index >= 15 is 0 Å². The largest absolute Gasteiger partial charge is 0.417 e. The average Bonchev–Trinajstić information content (AvgIpc) is 2.98. The molecule has 0 unspecified atom stereocenters. The Balaban J connectivity index is 2.25. The van der Waals surface area contributed by atoms with Gasteiger partial charge in [-0.25, -0.2) is 0 Å². The van der Waals surface area contributed by atoms with E-state index in [1.165, 1.54) is 0 Å². The third kappa shape index (κ3) is 5.54. The monoisotopic (exact) mass is 434 g/mol. The predicted molar refractivity (Wildman–Crippen MR) is 116 cm³/mol. The van der Waals surface area contributed by atoms with Crippen LogP contribution in [0.15, 0.2) is 0 Å². The zero-order chi connectivity index (χ0) is 22.9. The summed E-state index contributed by atoms with van der Waals surface area (Å²) < 4.78 is 41.6. The van der Waals surface area contributed by atoms with Crippen LogP contribution in [0.3, 0.4) is 0 Å². The quantitative estimate of drug-likeness (QED) is 0.490. The van der Waals surface area contributed by atoms with Crippen LogP contribution in [0.1, 0.15) is 99.3 Å². The molecular weight excluding hydrogens is 389 g/mol. The molecule has 0 spiro atoms. The van der Waals surface area contributed by atoms with Gasteiger partial charge in [0.1, 0.15) is 0 Å². The lowest BCUT2D eigenvalue weighted by atomic mass is 9.60. The van der Waals surface area contributed by atoms with Crippen molar-refractivity contribution in [1.82, 2.24) is 0 Å². The summed E-state index contributed by atoms with van der Waals surface area (Å²) in [7, 11) is 0. The minimum Gasteiger partial charge on any atom is -0.393 e. The smallest absolute Gasteiger partial charge is 0.393 e. The van der Waals surface area contributed by atoms with Crippen molar-refractivity contribution in [2.45, 2.75) is 117 Å². The van der Waals surface area contributed by atoms with Crippen LogP contribution in [0, 0.1) is 40.9 Å². The Hall–Kier alpha value is -0.290. The summed E-state index contributed by atoms with van der Waals surface area (Å²) in [5.74, 6) is 1.70. The molecule has 2 aliphatic carbocycles. The Labute approximate surface area is 182 Å². The van der Waals surface area contributed by atoms with Crippen molar-refractivity contribution in [1.29, 1.82) is 0 Å². The van der Waals surface area contributed by atoms with Crippen LogP contribution in [0.5, 0.6) is 0 Å². The van der Waals surface area contributed by atoms with Crippen molar-refractivity contribution in [3.05, 3.63) is 0 Å². The number of fused-ring (bicyclic) bond motifs is 1. The number of aliphatic hydroxyl groups excluding tert-OH is 1. The second-order valence-electron chi connectivity index (χ2n) is 11.6. The summed E-state index contributed by atoms with van der Waals surface area (Å²) in [4.78, 5) is 0. The number of rotatable bonds is 5. The van der Waals surface area contributed by atoms with E-state index in [9.17, 15) is 23.4 Å². The molecule has 178 valence electrons. The van der Waals surface area contributed by atoms with Crippen molar-refractivity contribution in [3.63, 3.8) is 0 Å². The van der Waals surface area contributed by atoms with E-state index in [-0.39, 0.29) is 36.2 Å². The van der Waals surface area contributed by atoms with E-state index in [2.05, 4.69) is 20.8 Å². The topological polar surface area (TPSA) is 40.5 Å². The zero-order valence-electron chi connectivity index (χ0n) is 19.9. The fraction of sp³-hybridized carbons (Fsp3) is 1.00. The van der Waals surface area contributed by atoms with Crippen LogP contribution in [0.25, 0.3) is 0 Å². The molecule has 8 atom stereocenters. The first kappa shape index (κ1) is 26.0. The summed E-state index contributed by atoms with van der Waals surface area (Å²) in [5.41, 5.74) is -2.77. The predicted octanol–water partition coefficient (Wildman–Crippen LogP) is 6.98. The molecule has 2 nitrogen and oxygen atoms in total. The summed E-state index contributed by atoms with van der Waals surface area (Å²) in [6.07, 6.45) is 0.571. The van der Waals surface area contributed by atoms with Gasteiger partial charge in [-0.2, -0.15) is 13.2 Å². The average molecular weight is 435 g/mol. The maximum absolute atomic E-state index is 13.9. The van der Waals surface area contributed by atoms with E-state index in [1.807, 2.05) is 20.8 Å². The molecule has 2 N–H and O–H groups in total. The Morgan fingerprint density at radius 2 is 1.60 bits per heavy atom. The normalized spacial score (nSPS) is 40.8. The van der Waals surface area contributed by atoms with Gasteiger partial charge in [0, 0.05) is 0 Å². The van der Waals surface area contributed by atoms with Crippen LogP contribution in [0.2, 0.25) is 0 Å². The first-order valence-electron chi connectivity index (χ1n) is 12.2. The Morgan fingerprint density at radius 3 is 2.17 bits per heavy atom.